The van der Waals surface area contributed by atoms with Crippen molar-refractivity contribution in [2.24, 2.45) is 0 Å². The second kappa shape index (κ2) is 4.14. The van der Waals surface area contributed by atoms with E-state index in [1.54, 1.807) is 13.8 Å². The topological polar surface area (TPSA) is 30.7 Å². The molecule has 0 bridgehead atoms. The SMILES string of the molecule is Cc1nn(-c2nc(F)c(F)cc2F)c(C)c1Br. The zero-order valence-corrected chi connectivity index (χ0v) is 10.5. The van der Waals surface area contributed by atoms with Crippen LogP contribution < -0.4 is 0 Å². The Labute approximate surface area is 103 Å². The van der Waals surface area contributed by atoms with Crippen molar-refractivity contribution in [1.29, 1.82) is 0 Å². The minimum Gasteiger partial charge on any atom is -0.215 e. The molecule has 0 spiro atoms. The van der Waals surface area contributed by atoms with Crippen molar-refractivity contribution in [3.8, 4) is 5.82 Å². The lowest BCUT2D eigenvalue weighted by Gasteiger charge is -2.05. The van der Waals surface area contributed by atoms with Crippen LogP contribution in [-0.4, -0.2) is 14.8 Å². The molecule has 2 aromatic rings. The number of aromatic nitrogens is 3. The van der Waals surface area contributed by atoms with E-state index in [1.807, 2.05) is 0 Å². The summed E-state index contributed by atoms with van der Waals surface area (Å²) in [6.45, 7) is 3.36. The fourth-order valence-electron chi connectivity index (χ4n) is 1.41. The highest BCUT2D eigenvalue weighted by atomic mass is 79.9. The Morgan fingerprint density at radius 1 is 1.18 bits per heavy atom. The summed E-state index contributed by atoms with van der Waals surface area (Å²) < 4.78 is 41.0. The molecule has 0 N–H and O–H groups in total. The molecule has 17 heavy (non-hydrogen) atoms. The molecule has 0 aliphatic carbocycles. The third-order valence-electron chi connectivity index (χ3n) is 2.27. The van der Waals surface area contributed by atoms with Gasteiger partial charge in [0, 0.05) is 6.07 Å². The van der Waals surface area contributed by atoms with Crippen molar-refractivity contribution in [2.75, 3.05) is 0 Å². The molecule has 3 nitrogen and oxygen atoms in total. The number of hydrogen-bond donors (Lipinski definition) is 0. The van der Waals surface area contributed by atoms with Crippen LogP contribution >= 0.6 is 15.9 Å². The fourth-order valence-corrected chi connectivity index (χ4v) is 1.66. The first-order chi connectivity index (χ1) is 7.91. The van der Waals surface area contributed by atoms with Crippen molar-refractivity contribution in [3.05, 3.63) is 39.5 Å². The molecule has 0 atom stereocenters. The Kier molecular flexibility index (Phi) is 2.94. The van der Waals surface area contributed by atoms with E-state index in [-0.39, 0.29) is 5.82 Å². The zero-order chi connectivity index (χ0) is 12.7. The average Bonchev–Trinajstić information content (AvgIpc) is 2.51. The van der Waals surface area contributed by atoms with E-state index >= 15 is 0 Å². The van der Waals surface area contributed by atoms with E-state index in [2.05, 4.69) is 26.0 Å². The average molecular weight is 306 g/mol. The molecule has 2 rings (SSSR count). The van der Waals surface area contributed by atoms with Crippen LogP contribution in [0.3, 0.4) is 0 Å². The molecular weight excluding hydrogens is 299 g/mol. The Balaban J connectivity index is 2.68. The van der Waals surface area contributed by atoms with E-state index in [0.717, 1.165) is 4.68 Å². The second-order valence-electron chi connectivity index (χ2n) is 3.46. The maximum atomic E-state index is 13.5. The van der Waals surface area contributed by atoms with Gasteiger partial charge in [-0.05, 0) is 29.8 Å². The van der Waals surface area contributed by atoms with Crippen molar-refractivity contribution in [1.82, 2.24) is 14.8 Å². The molecule has 2 heterocycles. The monoisotopic (exact) mass is 305 g/mol. The van der Waals surface area contributed by atoms with Crippen LogP contribution in [0.1, 0.15) is 11.4 Å². The third kappa shape index (κ3) is 1.95. The summed E-state index contributed by atoms with van der Waals surface area (Å²) in [5.41, 5.74) is 1.16. The van der Waals surface area contributed by atoms with Crippen LogP contribution in [0.4, 0.5) is 13.2 Å². The number of aryl methyl sites for hydroxylation is 1. The van der Waals surface area contributed by atoms with Crippen LogP contribution in [-0.2, 0) is 0 Å². The minimum absolute atomic E-state index is 0.366. The smallest absolute Gasteiger partial charge is 0.215 e. The van der Waals surface area contributed by atoms with Gasteiger partial charge in [0.15, 0.2) is 17.5 Å². The molecule has 2 aromatic heterocycles. The van der Waals surface area contributed by atoms with Crippen molar-refractivity contribution < 1.29 is 13.2 Å². The number of hydrogen-bond acceptors (Lipinski definition) is 2. The van der Waals surface area contributed by atoms with Crippen LogP contribution in [0.25, 0.3) is 5.82 Å². The first kappa shape index (κ1) is 12.1. The third-order valence-corrected chi connectivity index (χ3v) is 3.42. The molecule has 0 aromatic carbocycles. The lowest BCUT2D eigenvalue weighted by Crippen LogP contribution is -2.08. The Hall–Kier alpha value is -1.37. The van der Waals surface area contributed by atoms with Crippen LogP contribution in [0.15, 0.2) is 10.5 Å². The summed E-state index contributed by atoms with van der Waals surface area (Å²) in [7, 11) is 0. The van der Waals surface area contributed by atoms with E-state index in [4.69, 9.17) is 0 Å². The predicted octanol–water partition coefficient (Wildman–Crippen LogP) is 3.06. The summed E-state index contributed by atoms with van der Waals surface area (Å²) in [5, 5.41) is 3.99. The highest BCUT2D eigenvalue weighted by molar-refractivity contribution is 9.10. The van der Waals surface area contributed by atoms with Crippen molar-refractivity contribution in [3.63, 3.8) is 0 Å². The van der Waals surface area contributed by atoms with Crippen LogP contribution in [0, 0.1) is 31.4 Å². The first-order valence-corrected chi connectivity index (χ1v) is 5.44. The molecule has 0 saturated carbocycles. The van der Waals surface area contributed by atoms with Gasteiger partial charge < -0.3 is 0 Å². The largest absolute Gasteiger partial charge is 0.251 e. The maximum absolute atomic E-state index is 13.5. The predicted molar refractivity (Wildman–Crippen MR) is 58.4 cm³/mol. The second-order valence-corrected chi connectivity index (χ2v) is 4.26. The van der Waals surface area contributed by atoms with E-state index in [1.165, 1.54) is 0 Å². The lowest BCUT2D eigenvalue weighted by molar-refractivity contribution is 0.458. The van der Waals surface area contributed by atoms with E-state index in [9.17, 15) is 13.2 Å². The van der Waals surface area contributed by atoms with E-state index in [0.29, 0.717) is 21.9 Å². The van der Waals surface area contributed by atoms with Gasteiger partial charge in [-0.3, -0.25) is 0 Å². The van der Waals surface area contributed by atoms with Gasteiger partial charge in [-0.15, -0.1) is 0 Å². The molecule has 0 amide bonds. The molecule has 0 aliphatic rings. The van der Waals surface area contributed by atoms with Gasteiger partial charge in [0.25, 0.3) is 5.95 Å². The van der Waals surface area contributed by atoms with Crippen molar-refractivity contribution >= 4 is 15.9 Å². The number of rotatable bonds is 1. The summed E-state index contributed by atoms with van der Waals surface area (Å²) in [5.74, 6) is -4.02. The normalized spacial score (nSPS) is 10.9. The van der Waals surface area contributed by atoms with Crippen LogP contribution in [0.5, 0.6) is 0 Å². The Morgan fingerprint density at radius 2 is 1.82 bits per heavy atom. The minimum atomic E-state index is -1.36. The zero-order valence-electron chi connectivity index (χ0n) is 8.93. The van der Waals surface area contributed by atoms with Gasteiger partial charge in [-0.1, -0.05) is 0 Å². The lowest BCUT2D eigenvalue weighted by atomic mass is 10.4. The number of halogens is 4. The van der Waals surface area contributed by atoms with Gasteiger partial charge in [-0.25, -0.2) is 13.5 Å². The van der Waals surface area contributed by atoms with Gasteiger partial charge in [0.05, 0.1) is 15.9 Å². The van der Waals surface area contributed by atoms with E-state index < -0.39 is 17.6 Å². The van der Waals surface area contributed by atoms with Crippen molar-refractivity contribution in [2.45, 2.75) is 13.8 Å². The highest BCUT2D eigenvalue weighted by Gasteiger charge is 2.18. The molecule has 0 saturated heterocycles. The summed E-state index contributed by atoms with van der Waals surface area (Å²) in [6.07, 6.45) is 0. The molecule has 0 unspecified atom stereocenters. The summed E-state index contributed by atoms with van der Waals surface area (Å²) >= 11 is 3.25. The standard InChI is InChI=1S/C10H7BrF3N3/c1-4-8(11)5(2)17(16-4)10-7(13)3-6(12)9(14)15-10/h3H,1-2H3. The fraction of sp³-hybridized carbons (Fsp3) is 0.200. The highest BCUT2D eigenvalue weighted by Crippen LogP contribution is 2.23. The number of nitrogens with zero attached hydrogens (tertiary/aromatic N) is 3. The molecular formula is C10H7BrF3N3. The molecule has 0 radical (unpaired) electrons. The first-order valence-electron chi connectivity index (χ1n) is 4.65. The molecule has 7 heteroatoms. The van der Waals surface area contributed by atoms with Gasteiger partial charge in [0.2, 0.25) is 0 Å². The number of pyridine rings is 1. The Morgan fingerprint density at radius 3 is 2.35 bits per heavy atom. The van der Waals surface area contributed by atoms with Crippen LogP contribution in [0.2, 0.25) is 0 Å². The molecule has 0 fully saturated rings. The molecule has 0 aliphatic heterocycles. The van der Waals surface area contributed by atoms with Gasteiger partial charge in [0.1, 0.15) is 0 Å². The summed E-state index contributed by atoms with van der Waals surface area (Å²) in [4.78, 5) is 3.22. The quantitative estimate of drug-likeness (QED) is 0.758. The van der Waals surface area contributed by atoms with Gasteiger partial charge in [-0.2, -0.15) is 14.5 Å². The molecule has 90 valence electrons. The van der Waals surface area contributed by atoms with Gasteiger partial charge >= 0.3 is 0 Å². The Bertz CT molecular complexity index is 595. The maximum Gasteiger partial charge on any atom is 0.251 e. The summed E-state index contributed by atoms with van der Waals surface area (Å²) in [6, 6.07) is 0.446.